The number of aromatic amines is 1. The molecule has 0 saturated heterocycles. The summed E-state index contributed by atoms with van der Waals surface area (Å²) in [5.41, 5.74) is 1.11. The van der Waals surface area contributed by atoms with Gasteiger partial charge in [-0.1, -0.05) is 37.1 Å². The Balaban J connectivity index is 2.19. The molecule has 1 aromatic heterocycles. The molecular weight excluding hydrogens is 355 g/mol. The maximum Gasteiger partial charge on any atom is 0.416 e. The predicted molar refractivity (Wildman–Crippen MR) is 100 cm³/mol. The molecule has 1 heterocycles. The lowest BCUT2D eigenvalue weighted by molar-refractivity contribution is -0.137. The van der Waals surface area contributed by atoms with Crippen molar-refractivity contribution in [1.82, 2.24) is 4.98 Å². The lowest BCUT2D eigenvalue weighted by atomic mass is 10.0. The second kappa shape index (κ2) is 7.47. The van der Waals surface area contributed by atoms with Gasteiger partial charge in [0.05, 0.1) is 23.3 Å². The molecule has 0 amide bonds. The van der Waals surface area contributed by atoms with E-state index in [9.17, 15) is 18.0 Å². The number of fused-ring (bicyclic) bond motifs is 1. The van der Waals surface area contributed by atoms with Crippen LogP contribution in [0.25, 0.3) is 22.0 Å². The predicted octanol–water partition coefficient (Wildman–Crippen LogP) is 5.70. The van der Waals surface area contributed by atoms with Crippen LogP contribution in [0.4, 0.5) is 13.2 Å². The first-order valence-corrected chi connectivity index (χ1v) is 8.78. The quantitative estimate of drug-likeness (QED) is 0.581. The Labute approximate surface area is 154 Å². The second-order valence-electron chi connectivity index (χ2n) is 6.48. The molecule has 0 radical (unpaired) electrons. The molecule has 3 aromatic rings. The Kier molecular flexibility index (Phi) is 5.26. The van der Waals surface area contributed by atoms with Gasteiger partial charge in [-0.05, 0) is 43.2 Å². The lowest BCUT2D eigenvalue weighted by Crippen LogP contribution is -2.13. The Bertz CT molecular complexity index is 1000. The van der Waals surface area contributed by atoms with Crippen molar-refractivity contribution in [3.8, 4) is 16.9 Å². The molecule has 0 unspecified atom stereocenters. The fourth-order valence-electron chi connectivity index (χ4n) is 2.93. The first kappa shape index (κ1) is 19.0. The van der Waals surface area contributed by atoms with E-state index in [1.54, 1.807) is 6.07 Å². The minimum absolute atomic E-state index is 0.248. The fraction of sp³-hybridized carbons (Fsp3) is 0.286. The third-order valence-corrected chi connectivity index (χ3v) is 4.37. The highest BCUT2D eigenvalue weighted by Gasteiger charge is 2.30. The van der Waals surface area contributed by atoms with Crippen LogP contribution in [0.2, 0.25) is 0 Å². The van der Waals surface area contributed by atoms with E-state index in [0.717, 1.165) is 35.9 Å². The van der Waals surface area contributed by atoms with Crippen molar-refractivity contribution in [2.24, 2.45) is 0 Å². The minimum Gasteiger partial charge on any atom is -0.492 e. The maximum atomic E-state index is 12.8. The molecular formula is C21H20F3NO2. The van der Waals surface area contributed by atoms with Gasteiger partial charge < -0.3 is 9.72 Å². The lowest BCUT2D eigenvalue weighted by Gasteiger charge is -2.15. The van der Waals surface area contributed by atoms with Gasteiger partial charge in [0.1, 0.15) is 5.75 Å². The first-order valence-electron chi connectivity index (χ1n) is 8.78. The zero-order valence-electron chi connectivity index (χ0n) is 15.1. The standard InChI is InChI=1S/C21H20F3NO2/c1-3-4-11-27-19-16-12-13(2)5-10-17(16)25-20(26)18(19)14-6-8-15(9-7-14)21(22,23)24/h5-10,12H,3-4,11H2,1-2H3,(H,25,26). The van der Waals surface area contributed by atoms with Crippen molar-refractivity contribution in [2.75, 3.05) is 6.61 Å². The Morgan fingerprint density at radius 1 is 1.07 bits per heavy atom. The van der Waals surface area contributed by atoms with E-state index in [1.165, 1.54) is 12.1 Å². The number of pyridine rings is 1. The van der Waals surface area contributed by atoms with Crippen LogP contribution in [-0.2, 0) is 6.18 Å². The highest BCUT2D eigenvalue weighted by atomic mass is 19.4. The zero-order chi connectivity index (χ0) is 19.6. The fourth-order valence-corrected chi connectivity index (χ4v) is 2.93. The van der Waals surface area contributed by atoms with Gasteiger partial charge in [0, 0.05) is 5.39 Å². The van der Waals surface area contributed by atoms with Crippen LogP contribution in [0.3, 0.4) is 0 Å². The second-order valence-corrected chi connectivity index (χ2v) is 6.48. The Morgan fingerprint density at radius 3 is 2.41 bits per heavy atom. The number of hydrogen-bond acceptors (Lipinski definition) is 2. The van der Waals surface area contributed by atoms with E-state index in [2.05, 4.69) is 4.98 Å². The average molecular weight is 375 g/mol. The van der Waals surface area contributed by atoms with Crippen molar-refractivity contribution in [1.29, 1.82) is 0 Å². The Morgan fingerprint density at radius 2 is 1.78 bits per heavy atom. The van der Waals surface area contributed by atoms with Crippen molar-refractivity contribution in [3.63, 3.8) is 0 Å². The van der Waals surface area contributed by atoms with E-state index < -0.39 is 17.3 Å². The van der Waals surface area contributed by atoms with Crippen LogP contribution in [0, 0.1) is 6.92 Å². The van der Waals surface area contributed by atoms with Gasteiger partial charge in [-0.2, -0.15) is 13.2 Å². The van der Waals surface area contributed by atoms with Crippen molar-refractivity contribution >= 4 is 10.9 Å². The van der Waals surface area contributed by atoms with Gasteiger partial charge in [-0.25, -0.2) is 0 Å². The molecule has 3 rings (SSSR count). The molecule has 0 atom stereocenters. The summed E-state index contributed by atoms with van der Waals surface area (Å²) in [5, 5.41) is 0.737. The van der Waals surface area contributed by atoms with Crippen LogP contribution in [-0.4, -0.2) is 11.6 Å². The van der Waals surface area contributed by atoms with Gasteiger partial charge in [0.25, 0.3) is 5.56 Å². The maximum absolute atomic E-state index is 12.8. The van der Waals surface area contributed by atoms with E-state index >= 15 is 0 Å². The number of H-pyrrole nitrogens is 1. The minimum atomic E-state index is -4.42. The molecule has 6 heteroatoms. The summed E-state index contributed by atoms with van der Waals surface area (Å²) >= 11 is 0. The highest BCUT2D eigenvalue weighted by Crippen LogP contribution is 2.36. The number of alkyl halides is 3. The number of unbranched alkanes of at least 4 members (excludes halogenated alkanes) is 1. The normalized spacial score (nSPS) is 11.7. The third kappa shape index (κ3) is 3.99. The summed E-state index contributed by atoms with van der Waals surface area (Å²) in [5.74, 6) is 0.408. The van der Waals surface area contributed by atoms with Crippen LogP contribution < -0.4 is 10.3 Å². The summed E-state index contributed by atoms with van der Waals surface area (Å²) in [6.45, 7) is 4.38. The summed E-state index contributed by atoms with van der Waals surface area (Å²) in [6, 6.07) is 10.2. The van der Waals surface area contributed by atoms with Crippen LogP contribution in [0.5, 0.6) is 5.75 Å². The number of benzene rings is 2. The number of ether oxygens (including phenoxy) is 1. The van der Waals surface area contributed by atoms with Gasteiger partial charge >= 0.3 is 6.18 Å². The van der Waals surface area contributed by atoms with Gasteiger partial charge in [-0.15, -0.1) is 0 Å². The molecule has 1 N–H and O–H groups in total. The molecule has 0 bridgehead atoms. The third-order valence-electron chi connectivity index (χ3n) is 4.37. The summed E-state index contributed by atoms with van der Waals surface area (Å²) < 4.78 is 44.5. The summed E-state index contributed by atoms with van der Waals surface area (Å²) in [4.78, 5) is 15.5. The smallest absolute Gasteiger partial charge is 0.416 e. The van der Waals surface area contributed by atoms with Crippen LogP contribution in [0.1, 0.15) is 30.9 Å². The number of rotatable bonds is 5. The molecule has 0 saturated carbocycles. The summed E-state index contributed by atoms with van der Waals surface area (Å²) in [7, 11) is 0. The summed E-state index contributed by atoms with van der Waals surface area (Å²) in [6.07, 6.45) is -2.69. The number of nitrogens with one attached hydrogen (secondary N) is 1. The number of aromatic nitrogens is 1. The first-order chi connectivity index (χ1) is 12.8. The SMILES string of the molecule is CCCCOc1c(-c2ccc(C(F)(F)F)cc2)c(=O)[nH]c2ccc(C)cc12. The molecule has 0 aliphatic carbocycles. The molecule has 3 nitrogen and oxygen atoms in total. The topological polar surface area (TPSA) is 42.1 Å². The van der Waals surface area contributed by atoms with E-state index in [0.29, 0.717) is 23.4 Å². The molecule has 0 aliphatic heterocycles. The van der Waals surface area contributed by atoms with Crippen LogP contribution >= 0.6 is 0 Å². The Hall–Kier alpha value is -2.76. The largest absolute Gasteiger partial charge is 0.492 e. The van der Waals surface area contributed by atoms with E-state index in [4.69, 9.17) is 4.74 Å². The monoisotopic (exact) mass is 375 g/mol. The van der Waals surface area contributed by atoms with E-state index in [1.807, 2.05) is 26.0 Å². The van der Waals surface area contributed by atoms with Crippen LogP contribution in [0.15, 0.2) is 47.3 Å². The molecule has 142 valence electrons. The average Bonchev–Trinajstić information content (AvgIpc) is 2.62. The van der Waals surface area contributed by atoms with Crippen molar-refractivity contribution < 1.29 is 17.9 Å². The number of aryl methyl sites for hydroxylation is 1. The van der Waals surface area contributed by atoms with E-state index in [-0.39, 0.29) is 5.56 Å². The molecule has 27 heavy (non-hydrogen) atoms. The van der Waals surface area contributed by atoms with Crippen molar-refractivity contribution in [2.45, 2.75) is 32.9 Å². The van der Waals surface area contributed by atoms with Gasteiger partial charge in [-0.3, -0.25) is 4.79 Å². The van der Waals surface area contributed by atoms with Crippen molar-refractivity contribution in [3.05, 3.63) is 63.9 Å². The molecule has 0 aliphatic rings. The molecule has 0 spiro atoms. The zero-order valence-corrected chi connectivity index (χ0v) is 15.1. The molecule has 0 fully saturated rings. The number of hydrogen-bond donors (Lipinski definition) is 1. The number of halogens is 3. The highest BCUT2D eigenvalue weighted by molar-refractivity contribution is 5.92. The molecule has 2 aromatic carbocycles. The van der Waals surface area contributed by atoms with Gasteiger partial charge in [0.2, 0.25) is 0 Å². The van der Waals surface area contributed by atoms with Gasteiger partial charge in [0.15, 0.2) is 0 Å².